The van der Waals surface area contributed by atoms with E-state index in [9.17, 15) is 14.4 Å². The highest BCUT2D eigenvalue weighted by Crippen LogP contribution is 2.31. The zero-order valence-electron chi connectivity index (χ0n) is 20.7. The molecule has 2 aromatic carbocycles. The SMILES string of the molecule is C=CCOc1ccc(/C=C2\C(=O)NC(=O)N(Cc3ccc(OCCC)c(OCC)c3)C2=O)cc1OC. The van der Waals surface area contributed by atoms with E-state index >= 15 is 0 Å². The summed E-state index contributed by atoms with van der Waals surface area (Å²) in [5.41, 5.74) is 0.996. The van der Waals surface area contributed by atoms with Crippen molar-refractivity contribution < 1.29 is 33.3 Å². The fraction of sp³-hybridized carbons (Fsp3) is 0.296. The molecule has 0 spiro atoms. The summed E-state index contributed by atoms with van der Waals surface area (Å²) in [6.07, 6.45) is 3.86. The van der Waals surface area contributed by atoms with Crippen molar-refractivity contribution in [2.45, 2.75) is 26.8 Å². The minimum atomic E-state index is -0.794. The van der Waals surface area contributed by atoms with Crippen LogP contribution in [0.15, 0.2) is 54.6 Å². The van der Waals surface area contributed by atoms with Crippen LogP contribution in [0.1, 0.15) is 31.4 Å². The Balaban J connectivity index is 1.86. The first-order valence-electron chi connectivity index (χ1n) is 11.6. The lowest BCUT2D eigenvalue weighted by molar-refractivity contribution is -0.130. The molecule has 0 atom stereocenters. The second-order valence-corrected chi connectivity index (χ2v) is 7.78. The molecule has 0 unspecified atom stereocenters. The zero-order chi connectivity index (χ0) is 26.1. The average Bonchev–Trinajstić information content (AvgIpc) is 2.87. The van der Waals surface area contributed by atoms with E-state index in [4.69, 9.17) is 18.9 Å². The number of ether oxygens (including phenoxy) is 4. The van der Waals surface area contributed by atoms with E-state index in [-0.39, 0.29) is 12.1 Å². The van der Waals surface area contributed by atoms with E-state index in [1.807, 2.05) is 13.8 Å². The topological polar surface area (TPSA) is 103 Å². The number of hydrogen-bond donors (Lipinski definition) is 1. The Morgan fingerprint density at radius 3 is 2.39 bits per heavy atom. The molecule has 9 nitrogen and oxygen atoms in total. The molecule has 3 rings (SSSR count). The molecule has 1 saturated heterocycles. The molecule has 9 heteroatoms. The van der Waals surface area contributed by atoms with Crippen molar-refractivity contribution in [1.29, 1.82) is 0 Å². The Morgan fingerprint density at radius 2 is 1.69 bits per heavy atom. The molecule has 0 aliphatic carbocycles. The number of imide groups is 2. The van der Waals surface area contributed by atoms with Crippen LogP contribution in [-0.4, -0.2) is 49.7 Å². The summed E-state index contributed by atoms with van der Waals surface area (Å²) in [6.45, 7) is 8.68. The van der Waals surface area contributed by atoms with E-state index < -0.39 is 17.8 Å². The van der Waals surface area contributed by atoms with Crippen LogP contribution in [0, 0.1) is 0 Å². The van der Waals surface area contributed by atoms with Crippen LogP contribution in [0.4, 0.5) is 4.79 Å². The summed E-state index contributed by atoms with van der Waals surface area (Å²) >= 11 is 0. The molecule has 0 bridgehead atoms. The summed E-state index contributed by atoms with van der Waals surface area (Å²) in [4.78, 5) is 39.2. The van der Waals surface area contributed by atoms with Gasteiger partial charge in [0.15, 0.2) is 23.0 Å². The van der Waals surface area contributed by atoms with Crippen molar-refractivity contribution in [3.8, 4) is 23.0 Å². The Morgan fingerprint density at radius 1 is 0.944 bits per heavy atom. The van der Waals surface area contributed by atoms with Crippen molar-refractivity contribution in [1.82, 2.24) is 10.2 Å². The predicted molar refractivity (Wildman–Crippen MR) is 134 cm³/mol. The van der Waals surface area contributed by atoms with Gasteiger partial charge in [0.05, 0.1) is 26.9 Å². The maximum Gasteiger partial charge on any atom is 0.331 e. The van der Waals surface area contributed by atoms with Crippen molar-refractivity contribution in [2.24, 2.45) is 0 Å². The van der Waals surface area contributed by atoms with Gasteiger partial charge in [-0.25, -0.2) is 4.79 Å². The maximum absolute atomic E-state index is 13.2. The van der Waals surface area contributed by atoms with Gasteiger partial charge in [-0.2, -0.15) is 0 Å². The van der Waals surface area contributed by atoms with Crippen molar-refractivity contribution in [3.63, 3.8) is 0 Å². The van der Waals surface area contributed by atoms with Gasteiger partial charge in [-0.15, -0.1) is 0 Å². The van der Waals surface area contributed by atoms with Crippen LogP contribution in [0.3, 0.4) is 0 Å². The number of methoxy groups -OCH3 is 1. The van der Waals surface area contributed by atoms with E-state index in [0.29, 0.717) is 53.9 Å². The molecule has 0 aromatic heterocycles. The lowest BCUT2D eigenvalue weighted by Crippen LogP contribution is -2.53. The quantitative estimate of drug-likeness (QED) is 0.269. The predicted octanol–water partition coefficient (Wildman–Crippen LogP) is 4.11. The third kappa shape index (κ3) is 6.24. The van der Waals surface area contributed by atoms with Crippen LogP contribution >= 0.6 is 0 Å². The van der Waals surface area contributed by atoms with Crippen molar-refractivity contribution in [2.75, 3.05) is 26.9 Å². The average molecular weight is 495 g/mol. The molecule has 1 aliphatic heterocycles. The molecule has 0 saturated carbocycles. The summed E-state index contributed by atoms with van der Waals surface area (Å²) in [5.74, 6) is 0.543. The summed E-state index contributed by atoms with van der Waals surface area (Å²) < 4.78 is 22.3. The minimum absolute atomic E-state index is 0.0545. The number of nitrogens with zero attached hydrogens (tertiary/aromatic N) is 1. The van der Waals surface area contributed by atoms with Gasteiger partial charge in [0, 0.05) is 0 Å². The molecule has 36 heavy (non-hydrogen) atoms. The lowest BCUT2D eigenvalue weighted by Gasteiger charge is -2.26. The van der Waals surface area contributed by atoms with Gasteiger partial charge in [0.1, 0.15) is 12.2 Å². The van der Waals surface area contributed by atoms with Crippen LogP contribution in [0.5, 0.6) is 23.0 Å². The van der Waals surface area contributed by atoms with E-state index in [1.165, 1.54) is 13.2 Å². The van der Waals surface area contributed by atoms with Crippen LogP contribution in [0.2, 0.25) is 0 Å². The Labute approximate surface area is 210 Å². The Hall–Kier alpha value is -4.27. The van der Waals surface area contributed by atoms with Gasteiger partial charge < -0.3 is 18.9 Å². The molecule has 2 aromatic rings. The van der Waals surface area contributed by atoms with Crippen LogP contribution in [-0.2, 0) is 16.1 Å². The first kappa shape index (κ1) is 26.3. The Kier molecular flexibility index (Phi) is 9.10. The number of barbiturate groups is 1. The van der Waals surface area contributed by atoms with Gasteiger partial charge in [0.2, 0.25) is 0 Å². The molecular weight excluding hydrogens is 464 g/mol. The van der Waals surface area contributed by atoms with Gasteiger partial charge in [0.25, 0.3) is 11.8 Å². The molecular formula is C27H30N2O7. The summed E-state index contributed by atoms with van der Waals surface area (Å²) in [6, 6.07) is 9.40. The number of hydrogen-bond acceptors (Lipinski definition) is 7. The Bertz CT molecular complexity index is 1170. The van der Waals surface area contributed by atoms with Gasteiger partial charge in [-0.1, -0.05) is 31.7 Å². The normalized spacial score (nSPS) is 14.5. The number of carbonyl (C=O) groups is 3. The molecule has 1 N–H and O–H groups in total. The molecule has 1 heterocycles. The van der Waals surface area contributed by atoms with Crippen LogP contribution in [0.25, 0.3) is 6.08 Å². The van der Waals surface area contributed by atoms with Gasteiger partial charge in [-0.05, 0) is 54.8 Å². The molecule has 1 fully saturated rings. The number of urea groups is 1. The summed E-state index contributed by atoms with van der Waals surface area (Å²) in [7, 11) is 1.49. The molecule has 0 radical (unpaired) electrons. The number of nitrogens with one attached hydrogen (secondary N) is 1. The second-order valence-electron chi connectivity index (χ2n) is 7.78. The van der Waals surface area contributed by atoms with E-state index in [2.05, 4.69) is 11.9 Å². The van der Waals surface area contributed by atoms with Crippen LogP contribution < -0.4 is 24.3 Å². The second kappa shape index (κ2) is 12.4. The number of amides is 4. The molecule has 1 aliphatic rings. The third-order valence-corrected chi connectivity index (χ3v) is 5.15. The highest BCUT2D eigenvalue weighted by atomic mass is 16.5. The first-order valence-corrected chi connectivity index (χ1v) is 11.6. The fourth-order valence-corrected chi connectivity index (χ4v) is 3.48. The monoisotopic (exact) mass is 494 g/mol. The number of benzene rings is 2. The standard InChI is InChI=1S/C27H30N2O7/c1-5-12-35-21-10-8-18(15-23(21)33-4)14-20-25(30)28-27(32)29(26(20)31)17-19-9-11-22(36-13-6-2)24(16-19)34-7-3/h5,8-11,14-16H,1,6-7,12-13,17H2,2-4H3,(H,28,30,32)/b20-14+. The number of carbonyl (C=O) groups excluding carboxylic acids is 3. The third-order valence-electron chi connectivity index (χ3n) is 5.15. The number of rotatable bonds is 12. The van der Waals surface area contributed by atoms with Gasteiger partial charge in [-0.3, -0.25) is 19.8 Å². The smallest absolute Gasteiger partial charge is 0.331 e. The zero-order valence-corrected chi connectivity index (χ0v) is 20.7. The largest absolute Gasteiger partial charge is 0.493 e. The van der Waals surface area contributed by atoms with Gasteiger partial charge >= 0.3 is 6.03 Å². The highest BCUT2D eigenvalue weighted by Gasteiger charge is 2.35. The summed E-state index contributed by atoms with van der Waals surface area (Å²) in [5, 5.41) is 2.23. The molecule has 4 amide bonds. The fourth-order valence-electron chi connectivity index (χ4n) is 3.48. The minimum Gasteiger partial charge on any atom is -0.493 e. The molecule has 190 valence electrons. The van der Waals surface area contributed by atoms with Crippen molar-refractivity contribution >= 4 is 23.9 Å². The highest BCUT2D eigenvalue weighted by molar-refractivity contribution is 6.30. The lowest BCUT2D eigenvalue weighted by atomic mass is 10.1. The van der Waals surface area contributed by atoms with E-state index in [1.54, 1.807) is 42.5 Å². The van der Waals surface area contributed by atoms with Crippen molar-refractivity contribution in [3.05, 3.63) is 65.8 Å². The maximum atomic E-state index is 13.2. The van der Waals surface area contributed by atoms with E-state index in [0.717, 1.165) is 11.3 Å². The first-order chi connectivity index (χ1) is 17.4.